The van der Waals surface area contributed by atoms with Crippen molar-refractivity contribution in [2.45, 2.75) is 38.3 Å². The van der Waals surface area contributed by atoms with Gasteiger partial charge < -0.3 is 10.4 Å². The van der Waals surface area contributed by atoms with E-state index in [9.17, 15) is 5.11 Å². The number of benzene rings is 1. The van der Waals surface area contributed by atoms with E-state index >= 15 is 0 Å². The summed E-state index contributed by atoms with van der Waals surface area (Å²) in [6, 6.07) is 8.55. The Balaban J connectivity index is 2.40. The average molecular weight is 253 g/mol. The molecule has 0 spiro atoms. The number of aliphatic hydroxyl groups excluding tert-OH is 1. The van der Waals surface area contributed by atoms with E-state index < -0.39 is 0 Å². The Morgan fingerprint density at radius 3 is 2.41 bits per heavy atom. The highest BCUT2D eigenvalue weighted by Crippen LogP contribution is 2.21. The number of rotatable bonds is 7. The standard InChI is InChI=1S/C14H23NOS/c1-4-15-9-12-5-7-13(8-6-12)17-10-14(16)11(2)3/h5-8,11,14-16H,4,9-10H2,1-3H3. The lowest BCUT2D eigenvalue weighted by Crippen LogP contribution is -2.17. The largest absolute Gasteiger partial charge is 0.392 e. The van der Waals surface area contributed by atoms with Gasteiger partial charge in [-0.05, 0) is 30.2 Å². The maximum atomic E-state index is 9.73. The van der Waals surface area contributed by atoms with Crippen LogP contribution in [0.3, 0.4) is 0 Å². The van der Waals surface area contributed by atoms with Crippen molar-refractivity contribution in [3.63, 3.8) is 0 Å². The highest BCUT2D eigenvalue weighted by atomic mass is 32.2. The quantitative estimate of drug-likeness (QED) is 0.733. The second kappa shape index (κ2) is 7.75. The number of nitrogens with one attached hydrogen (secondary N) is 1. The van der Waals surface area contributed by atoms with Gasteiger partial charge in [0.05, 0.1) is 6.10 Å². The van der Waals surface area contributed by atoms with Crippen LogP contribution < -0.4 is 5.32 Å². The molecule has 1 aromatic carbocycles. The summed E-state index contributed by atoms with van der Waals surface area (Å²) in [6.45, 7) is 8.13. The Hall–Kier alpha value is -0.510. The molecule has 17 heavy (non-hydrogen) atoms. The first-order valence-corrected chi connectivity index (χ1v) is 7.22. The average Bonchev–Trinajstić information content (AvgIpc) is 2.34. The fourth-order valence-corrected chi connectivity index (χ4v) is 2.42. The van der Waals surface area contributed by atoms with Crippen molar-refractivity contribution in [3.8, 4) is 0 Å². The molecule has 0 fully saturated rings. The smallest absolute Gasteiger partial charge is 0.0656 e. The Morgan fingerprint density at radius 1 is 1.24 bits per heavy atom. The topological polar surface area (TPSA) is 32.3 Å². The molecule has 96 valence electrons. The highest BCUT2D eigenvalue weighted by Gasteiger charge is 2.09. The van der Waals surface area contributed by atoms with E-state index in [1.54, 1.807) is 11.8 Å². The first-order valence-electron chi connectivity index (χ1n) is 6.24. The van der Waals surface area contributed by atoms with Gasteiger partial charge in [0.2, 0.25) is 0 Å². The SMILES string of the molecule is CCNCc1ccc(SCC(O)C(C)C)cc1. The van der Waals surface area contributed by atoms with Gasteiger partial charge in [0.15, 0.2) is 0 Å². The van der Waals surface area contributed by atoms with E-state index in [1.807, 2.05) is 13.8 Å². The van der Waals surface area contributed by atoms with Crippen LogP contribution in [0, 0.1) is 5.92 Å². The van der Waals surface area contributed by atoms with Crippen LogP contribution in [0.2, 0.25) is 0 Å². The van der Waals surface area contributed by atoms with Crippen LogP contribution in [0.15, 0.2) is 29.2 Å². The Morgan fingerprint density at radius 2 is 1.88 bits per heavy atom. The first kappa shape index (κ1) is 14.6. The van der Waals surface area contributed by atoms with E-state index in [-0.39, 0.29) is 6.10 Å². The molecular weight excluding hydrogens is 230 g/mol. The molecule has 0 aliphatic carbocycles. The first-order chi connectivity index (χ1) is 8.13. The summed E-state index contributed by atoms with van der Waals surface area (Å²) in [5.74, 6) is 1.10. The number of thioether (sulfide) groups is 1. The highest BCUT2D eigenvalue weighted by molar-refractivity contribution is 7.99. The Kier molecular flexibility index (Phi) is 6.63. The van der Waals surface area contributed by atoms with Crippen LogP contribution in [-0.4, -0.2) is 23.5 Å². The maximum Gasteiger partial charge on any atom is 0.0656 e. The zero-order valence-electron chi connectivity index (χ0n) is 10.9. The summed E-state index contributed by atoms with van der Waals surface area (Å²) >= 11 is 1.72. The fourth-order valence-electron chi connectivity index (χ4n) is 1.35. The number of hydrogen-bond donors (Lipinski definition) is 2. The van der Waals surface area contributed by atoms with Crippen LogP contribution in [0.5, 0.6) is 0 Å². The van der Waals surface area contributed by atoms with E-state index in [0.29, 0.717) is 5.92 Å². The predicted molar refractivity (Wildman–Crippen MR) is 75.4 cm³/mol. The van der Waals surface area contributed by atoms with Gasteiger partial charge in [-0.1, -0.05) is 32.9 Å². The lowest BCUT2D eigenvalue weighted by atomic mass is 10.1. The molecule has 2 N–H and O–H groups in total. The van der Waals surface area contributed by atoms with E-state index in [1.165, 1.54) is 10.5 Å². The molecular formula is C14H23NOS. The normalized spacial score (nSPS) is 13.0. The van der Waals surface area contributed by atoms with Gasteiger partial charge in [-0.25, -0.2) is 0 Å². The van der Waals surface area contributed by atoms with Crippen LogP contribution in [-0.2, 0) is 6.54 Å². The summed E-state index contributed by atoms with van der Waals surface area (Å²) in [5.41, 5.74) is 1.31. The van der Waals surface area contributed by atoms with Crippen LogP contribution in [0.1, 0.15) is 26.3 Å². The molecule has 0 aliphatic rings. The van der Waals surface area contributed by atoms with Crippen molar-refractivity contribution in [3.05, 3.63) is 29.8 Å². The molecule has 1 unspecified atom stereocenters. The molecule has 0 saturated carbocycles. The van der Waals surface area contributed by atoms with Crippen molar-refractivity contribution in [1.29, 1.82) is 0 Å². The fraction of sp³-hybridized carbons (Fsp3) is 0.571. The van der Waals surface area contributed by atoms with Gasteiger partial charge in [-0.15, -0.1) is 11.8 Å². The molecule has 1 atom stereocenters. The van der Waals surface area contributed by atoms with Gasteiger partial charge in [0.1, 0.15) is 0 Å². The molecule has 0 heterocycles. The lowest BCUT2D eigenvalue weighted by Gasteiger charge is -2.13. The van der Waals surface area contributed by atoms with E-state index in [4.69, 9.17) is 0 Å². The van der Waals surface area contributed by atoms with Gasteiger partial charge in [-0.3, -0.25) is 0 Å². The van der Waals surface area contributed by atoms with Crippen molar-refractivity contribution < 1.29 is 5.11 Å². The minimum atomic E-state index is -0.221. The summed E-state index contributed by atoms with van der Waals surface area (Å²) in [5, 5.41) is 13.0. The molecule has 0 aliphatic heterocycles. The molecule has 0 saturated heterocycles. The zero-order chi connectivity index (χ0) is 12.7. The van der Waals surface area contributed by atoms with Gasteiger partial charge >= 0.3 is 0 Å². The summed E-state index contributed by atoms with van der Waals surface area (Å²) in [6.07, 6.45) is -0.221. The van der Waals surface area contributed by atoms with Gasteiger partial charge in [0.25, 0.3) is 0 Å². The van der Waals surface area contributed by atoms with Gasteiger partial charge in [-0.2, -0.15) is 0 Å². The van der Waals surface area contributed by atoms with Crippen molar-refractivity contribution in [2.24, 2.45) is 5.92 Å². The molecule has 0 radical (unpaired) electrons. The lowest BCUT2D eigenvalue weighted by molar-refractivity contribution is 0.149. The molecule has 0 aromatic heterocycles. The molecule has 1 aromatic rings. The Bertz CT molecular complexity index is 311. The van der Waals surface area contributed by atoms with Crippen molar-refractivity contribution in [1.82, 2.24) is 5.32 Å². The third kappa shape index (κ3) is 5.57. The zero-order valence-corrected chi connectivity index (χ0v) is 11.8. The summed E-state index contributed by atoms with van der Waals surface area (Å²) in [4.78, 5) is 1.23. The monoisotopic (exact) mass is 253 g/mol. The van der Waals surface area contributed by atoms with Crippen LogP contribution in [0.25, 0.3) is 0 Å². The minimum absolute atomic E-state index is 0.221. The molecule has 2 nitrogen and oxygen atoms in total. The second-order valence-electron chi connectivity index (χ2n) is 4.55. The third-order valence-corrected chi connectivity index (χ3v) is 3.81. The molecule has 0 bridgehead atoms. The van der Waals surface area contributed by atoms with Crippen molar-refractivity contribution in [2.75, 3.05) is 12.3 Å². The van der Waals surface area contributed by atoms with E-state index in [0.717, 1.165) is 18.8 Å². The predicted octanol–water partition coefficient (Wildman–Crippen LogP) is 2.91. The molecule has 3 heteroatoms. The van der Waals surface area contributed by atoms with Crippen LogP contribution in [0.4, 0.5) is 0 Å². The van der Waals surface area contributed by atoms with E-state index in [2.05, 4.69) is 36.5 Å². The molecule has 0 amide bonds. The van der Waals surface area contributed by atoms with Crippen molar-refractivity contribution >= 4 is 11.8 Å². The number of aliphatic hydroxyl groups is 1. The Labute approximate surface area is 109 Å². The van der Waals surface area contributed by atoms with Gasteiger partial charge in [0, 0.05) is 17.2 Å². The van der Waals surface area contributed by atoms with Crippen LogP contribution >= 0.6 is 11.8 Å². The second-order valence-corrected chi connectivity index (χ2v) is 5.64. The molecule has 1 rings (SSSR count). The summed E-state index contributed by atoms with van der Waals surface area (Å²) < 4.78 is 0. The number of hydrogen-bond acceptors (Lipinski definition) is 3. The summed E-state index contributed by atoms with van der Waals surface area (Å²) in [7, 11) is 0. The minimum Gasteiger partial charge on any atom is -0.392 e. The maximum absolute atomic E-state index is 9.73. The third-order valence-electron chi connectivity index (χ3n) is 2.69.